The molecule has 2 aromatic rings. The smallest absolute Gasteiger partial charge is 0.184 e. The Morgan fingerprint density at radius 3 is 2.75 bits per heavy atom. The molecule has 1 heterocycles. The van der Waals surface area contributed by atoms with Crippen molar-refractivity contribution in [1.29, 1.82) is 0 Å². The zero-order valence-electron chi connectivity index (χ0n) is 10.3. The minimum absolute atomic E-state index is 0.113. The highest BCUT2D eigenvalue weighted by atomic mass is 32.1. The fourth-order valence-corrected chi connectivity index (χ4v) is 2.64. The van der Waals surface area contributed by atoms with E-state index in [9.17, 15) is 0 Å². The van der Waals surface area contributed by atoms with Crippen LogP contribution in [0.25, 0.3) is 10.2 Å². The van der Waals surface area contributed by atoms with E-state index in [1.807, 2.05) is 0 Å². The minimum Gasteiger partial charge on any atom is -0.357 e. The maximum Gasteiger partial charge on any atom is 0.184 e. The third kappa shape index (κ3) is 2.19. The van der Waals surface area contributed by atoms with Gasteiger partial charge in [-0.25, -0.2) is 4.98 Å². The number of nitrogens with zero attached hydrogens (tertiary/aromatic N) is 1. The molecule has 3 heteroatoms. The van der Waals surface area contributed by atoms with Gasteiger partial charge in [-0.15, -0.1) is 0 Å². The van der Waals surface area contributed by atoms with Gasteiger partial charge in [-0.1, -0.05) is 30.4 Å². The summed E-state index contributed by atoms with van der Waals surface area (Å²) in [4.78, 5) is 4.65. The zero-order valence-corrected chi connectivity index (χ0v) is 11.1. The topological polar surface area (TPSA) is 24.9 Å². The third-order valence-electron chi connectivity index (χ3n) is 2.95. The molecule has 1 aromatic heterocycles. The number of thiazole rings is 1. The number of para-hydroxylation sites is 1. The van der Waals surface area contributed by atoms with E-state index in [1.54, 1.807) is 11.3 Å². The summed E-state index contributed by atoms with van der Waals surface area (Å²) >= 11 is 1.73. The molecule has 16 heavy (non-hydrogen) atoms. The molecule has 1 aromatic carbocycles. The van der Waals surface area contributed by atoms with Gasteiger partial charge in [0, 0.05) is 5.54 Å². The summed E-state index contributed by atoms with van der Waals surface area (Å²) in [5.41, 5.74) is 2.49. The summed E-state index contributed by atoms with van der Waals surface area (Å²) in [6.07, 6.45) is 1.09. The van der Waals surface area contributed by atoms with Gasteiger partial charge in [-0.05, 0) is 38.8 Å². The predicted molar refractivity (Wildman–Crippen MR) is 72.3 cm³/mol. The van der Waals surface area contributed by atoms with Crippen molar-refractivity contribution in [2.75, 3.05) is 5.32 Å². The van der Waals surface area contributed by atoms with E-state index in [1.165, 1.54) is 10.3 Å². The lowest BCUT2D eigenvalue weighted by Gasteiger charge is -2.23. The fourth-order valence-electron chi connectivity index (χ4n) is 1.52. The Morgan fingerprint density at radius 1 is 1.38 bits per heavy atom. The molecule has 0 radical (unpaired) electrons. The Balaban J connectivity index is 2.37. The van der Waals surface area contributed by atoms with Gasteiger partial charge in [-0.3, -0.25) is 0 Å². The molecule has 0 aliphatic rings. The largest absolute Gasteiger partial charge is 0.357 e. The number of aryl methyl sites for hydroxylation is 1. The first kappa shape index (κ1) is 11.4. The molecule has 0 amide bonds. The number of rotatable bonds is 3. The van der Waals surface area contributed by atoms with Crippen LogP contribution in [0.2, 0.25) is 0 Å². The van der Waals surface area contributed by atoms with E-state index >= 15 is 0 Å². The molecule has 86 valence electrons. The van der Waals surface area contributed by atoms with E-state index in [0.717, 1.165) is 17.1 Å². The van der Waals surface area contributed by atoms with Crippen LogP contribution >= 0.6 is 11.3 Å². The number of nitrogens with one attached hydrogen (secondary N) is 1. The normalized spacial score (nSPS) is 12.0. The molecule has 0 spiro atoms. The number of aromatic nitrogens is 1. The number of benzene rings is 1. The fraction of sp³-hybridized carbons (Fsp3) is 0.462. The van der Waals surface area contributed by atoms with Crippen molar-refractivity contribution in [2.45, 2.75) is 39.7 Å². The van der Waals surface area contributed by atoms with Crippen molar-refractivity contribution < 1.29 is 0 Å². The van der Waals surface area contributed by atoms with Gasteiger partial charge < -0.3 is 5.32 Å². The molecular weight excluding hydrogens is 216 g/mol. The van der Waals surface area contributed by atoms with Crippen LogP contribution in [-0.4, -0.2) is 10.5 Å². The summed E-state index contributed by atoms with van der Waals surface area (Å²) in [5.74, 6) is 0. The molecule has 0 bridgehead atoms. The quantitative estimate of drug-likeness (QED) is 0.860. The number of hydrogen-bond acceptors (Lipinski definition) is 3. The van der Waals surface area contributed by atoms with Crippen molar-refractivity contribution in [3.8, 4) is 0 Å². The van der Waals surface area contributed by atoms with Crippen LogP contribution in [0.1, 0.15) is 32.8 Å². The van der Waals surface area contributed by atoms with Crippen molar-refractivity contribution in [3.05, 3.63) is 23.8 Å². The van der Waals surface area contributed by atoms with Crippen molar-refractivity contribution in [2.24, 2.45) is 0 Å². The SMILES string of the molecule is CCC(C)(C)Nc1nc2c(C)cccc2s1. The van der Waals surface area contributed by atoms with Crippen molar-refractivity contribution in [1.82, 2.24) is 4.98 Å². The van der Waals surface area contributed by atoms with Crippen molar-refractivity contribution in [3.63, 3.8) is 0 Å². The van der Waals surface area contributed by atoms with Gasteiger partial charge in [0.05, 0.1) is 10.2 Å². The van der Waals surface area contributed by atoms with E-state index in [0.29, 0.717) is 0 Å². The number of hydrogen-bond donors (Lipinski definition) is 1. The third-order valence-corrected chi connectivity index (χ3v) is 3.89. The molecule has 0 fully saturated rings. The first-order chi connectivity index (χ1) is 7.52. The van der Waals surface area contributed by atoms with Crippen LogP contribution in [0, 0.1) is 6.92 Å². The Hall–Kier alpha value is -1.09. The second-order valence-corrected chi connectivity index (χ2v) is 5.83. The molecule has 0 aliphatic carbocycles. The highest BCUT2D eigenvalue weighted by molar-refractivity contribution is 7.22. The monoisotopic (exact) mass is 234 g/mol. The number of fused-ring (bicyclic) bond motifs is 1. The first-order valence-electron chi connectivity index (χ1n) is 5.66. The van der Waals surface area contributed by atoms with E-state index in [4.69, 9.17) is 0 Å². The first-order valence-corrected chi connectivity index (χ1v) is 6.48. The van der Waals surface area contributed by atoms with Gasteiger partial charge in [0.25, 0.3) is 0 Å². The molecule has 1 N–H and O–H groups in total. The van der Waals surface area contributed by atoms with Crippen molar-refractivity contribution >= 4 is 26.7 Å². The highest BCUT2D eigenvalue weighted by Gasteiger charge is 2.16. The lowest BCUT2D eigenvalue weighted by molar-refractivity contribution is 0.547. The predicted octanol–water partition coefficient (Wildman–Crippen LogP) is 4.21. The minimum atomic E-state index is 0.113. The van der Waals surface area contributed by atoms with Gasteiger partial charge in [0.2, 0.25) is 0 Å². The molecular formula is C13H18N2S. The van der Waals surface area contributed by atoms with Crippen LogP contribution in [0.4, 0.5) is 5.13 Å². The number of anilines is 1. The Kier molecular flexibility index (Phi) is 2.89. The van der Waals surface area contributed by atoms with Crippen LogP contribution in [0.15, 0.2) is 18.2 Å². The van der Waals surface area contributed by atoms with Gasteiger partial charge in [0.15, 0.2) is 5.13 Å². The highest BCUT2D eigenvalue weighted by Crippen LogP contribution is 2.30. The second kappa shape index (κ2) is 4.06. The Labute approximate surface area is 101 Å². The Morgan fingerprint density at radius 2 is 2.12 bits per heavy atom. The second-order valence-electron chi connectivity index (χ2n) is 4.80. The van der Waals surface area contributed by atoms with Crippen LogP contribution in [0.3, 0.4) is 0 Å². The van der Waals surface area contributed by atoms with Gasteiger partial charge in [0.1, 0.15) is 0 Å². The van der Waals surface area contributed by atoms with E-state index < -0.39 is 0 Å². The van der Waals surface area contributed by atoms with Gasteiger partial charge in [-0.2, -0.15) is 0 Å². The maximum absolute atomic E-state index is 4.65. The Bertz CT molecular complexity index is 500. The standard InChI is InChI=1S/C13H18N2S/c1-5-13(3,4)15-12-14-11-9(2)7-6-8-10(11)16-12/h6-8H,5H2,1-4H3,(H,14,15). The molecule has 2 rings (SSSR count). The zero-order chi connectivity index (χ0) is 11.8. The summed E-state index contributed by atoms with van der Waals surface area (Å²) in [6.45, 7) is 8.69. The summed E-state index contributed by atoms with van der Waals surface area (Å²) < 4.78 is 1.26. The summed E-state index contributed by atoms with van der Waals surface area (Å²) in [5, 5.41) is 4.52. The summed E-state index contributed by atoms with van der Waals surface area (Å²) in [7, 11) is 0. The van der Waals surface area contributed by atoms with E-state index in [2.05, 4.69) is 56.2 Å². The van der Waals surface area contributed by atoms with Crippen LogP contribution < -0.4 is 5.32 Å². The molecule has 0 saturated carbocycles. The molecule has 0 aliphatic heterocycles. The average Bonchev–Trinajstić information content (AvgIpc) is 2.61. The lowest BCUT2D eigenvalue weighted by Crippen LogP contribution is -2.29. The van der Waals surface area contributed by atoms with Crippen LogP contribution in [0.5, 0.6) is 0 Å². The molecule has 0 unspecified atom stereocenters. The maximum atomic E-state index is 4.65. The molecule has 0 saturated heterocycles. The lowest BCUT2D eigenvalue weighted by atomic mass is 10.0. The average molecular weight is 234 g/mol. The molecule has 2 nitrogen and oxygen atoms in total. The summed E-state index contributed by atoms with van der Waals surface area (Å²) in [6, 6.07) is 6.32. The molecule has 0 atom stereocenters. The van der Waals surface area contributed by atoms with Gasteiger partial charge >= 0.3 is 0 Å². The van der Waals surface area contributed by atoms with Crippen LogP contribution in [-0.2, 0) is 0 Å². The van der Waals surface area contributed by atoms with E-state index in [-0.39, 0.29) is 5.54 Å².